The molecule has 0 bridgehead atoms. The molecule has 0 saturated heterocycles. The van der Waals surface area contributed by atoms with Crippen LogP contribution in [0.1, 0.15) is 75.7 Å². The summed E-state index contributed by atoms with van der Waals surface area (Å²) in [7, 11) is 0. The van der Waals surface area contributed by atoms with Crippen LogP contribution < -0.4 is 0 Å². The van der Waals surface area contributed by atoms with Gasteiger partial charge in [-0.3, -0.25) is 4.79 Å². The fourth-order valence-electron chi connectivity index (χ4n) is 3.60. The molecule has 3 N–H and O–H groups in total. The maximum Gasteiger partial charge on any atom is 0.327 e. The Morgan fingerprint density at radius 2 is 2.15 bits per heavy atom. The summed E-state index contributed by atoms with van der Waals surface area (Å²) < 4.78 is 23.0. The minimum Gasteiger partial charge on any atom is -0.478 e. The molecule has 1 aliphatic carbocycles. The van der Waals surface area contributed by atoms with Gasteiger partial charge >= 0.3 is 5.97 Å². The molecule has 0 unspecified atom stereocenters. The zero-order chi connectivity index (χ0) is 22.7. The molecule has 0 aromatic carbocycles. The average Bonchev–Trinajstić information content (AvgIpc) is 2.91. The second-order valence-corrected chi connectivity index (χ2v) is 7.47. The van der Waals surface area contributed by atoms with Crippen molar-refractivity contribution in [2.24, 2.45) is 17.8 Å². The van der Waals surface area contributed by atoms with E-state index >= 15 is 0 Å². The van der Waals surface area contributed by atoms with Gasteiger partial charge in [-0.05, 0) is 31.6 Å². The highest BCUT2D eigenvalue weighted by Gasteiger charge is 2.39. The van der Waals surface area contributed by atoms with Crippen molar-refractivity contribution in [1.29, 1.82) is 0 Å². The second kappa shape index (κ2) is 12.8. The molecule has 154 valence electrons. The van der Waals surface area contributed by atoms with Crippen molar-refractivity contribution in [3.8, 4) is 0 Å². The van der Waals surface area contributed by atoms with Crippen molar-refractivity contribution >= 4 is 11.8 Å². The number of carbonyl (C=O) groups is 2. The smallest absolute Gasteiger partial charge is 0.327 e. The van der Waals surface area contributed by atoms with E-state index in [1.54, 1.807) is 12.2 Å². The van der Waals surface area contributed by atoms with Gasteiger partial charge in [-0.15, -0.1) is 0 Å². The highest BCUT2D eigenvalue weighted by Crippen LogP contribution is 2.34. The van der Waals surface area contributed by atoms with E-state index in [2.05, 4.69) is 0 Å². The molecule has 5 heteroatoms. The Balaban J connectivity index is 2.62. The average molecular weight is 384 g/mol. The molecule has 0 radical (unpaired) electrons. The number of allylic oxidation sites excluding steroid dienone is 1. The molecule has 0 aromatic heterocycles. The van der Waals surface area contributed by atoms with Crippen molar-refractivity contribution in [2.75, 3.05) is 0 Å². The van der Waals surface area contributed by atoms with Crippen LogP contribution in [0.15, 0.2) is 24.3 Å². The van der Waals surface area contributed by atoms with E-state index in [4.69, 9.17) is 9.22 Å². The number of aliphatic carboxylic acids is 1. The van der Waals surface area contributed by atoms with Crippen LogP contribution in [-0.4, -0.2) is 39.3 Å². The molecule has 1 saturated carbocycles. The molecule has 0 spiro atoms. The Labute approximate surface area is 167 Å². The fraction of sp³-hybridized carbons (Fsp3) is 0.727. The van der Waals surface area contributed by atoms with Crippen LogP contribution in [0.3, 0.4) is 0 Å². The largest absolute Gasteiger partial charge is 0.478 e. The van der Waals surface area contributed by atoms with Gasteiger partial charge < -0.3 is 15.3 Å². The molecule has 5 nitrogen and oxygen atoms in total. The number of Topliss-reactive ketones (excluding diaryl/α,β-unsaturated/α-hetero) is 1. The van der Waals surface area contributed by atoms with Crippen LogP contribution in [0.5, 0.6) is 0 Å². The first kappa shape index (κ1) is 18.9. The van der Waals surface area contributed by atoms with Crippen LogP contribution in [0.2, 0.25) is 0 Å². The number of aliphatic hydroxyl groups excluding tert-OH is 2. The topological polar surface area (TPSA) is 94.8 Å². The number of aliphatic hydroxyl groups is 2. The molecule has 0 aliphatic heterocycles. The van der Waals surface area contributed by atoms with E-state index in [0.717, 1.165) is 31.8 Å². The van der Waals surface area contributed by atoms with Gasteiger partial charge in [-0.25, -0.2) is 4.79 Å². The molecule has 0 aromatic rings. The zero-order valence-electron chi connectivity index (χ0n) is 19.2. The third kappa shape index (κ3) is 9.34. The third-order valence-corrected chi connectivity index (χ3v) is 5.12. The van der Waals surface area contributed by atoms with Crippen molar-refractivity contribution in [2.45, 2.75) is 83.8 Å². The van der Waals surface area contributed by atoms with E-state index in [1.807, 2.05) is 6.92 Å². The Morgan fingerprint density at radius 1 is 1.37 bits per heavy atom. The summed E-state index contributed by atoms with van der Waals surface area (Å²) in [6, 6.07) is 0. The lowest BCUT2D eigenvalue weighted by molar-refractivity contribution is -0.131. The van der Waals surface area contributed by atoms with Crippen molar-refractivity contribution < 1.29 is 29.0 Å². The van der Waals surface area contributed by atoms with Gasteiger partial charge in [0, 0.05) is 28.4 Å². The van der Waals surface area contributed by atoms with Gasteiger partial charge in [0.1, 0.15) is 5.78 Å². The van der Waals surface area contributed by atoms with Gasteiger partial charge in [0.25, 0.3) is 0 Å². The second-order valence-electron chi connectivity index (χ2n) is 7.47. The van der Waals surface area contributed by atoms with Gasteiger partial charge in [0.05, 0.1) is 12.2 Å². The molecule has 0 amide bonds. The number of carboxylic acids is 1. The van der Waals surface area contributed by atoms with Gasteiger partial charge in [0.15, 0.2) is 0 Å². The fourth-order valence-corrected chi connectivity index (χ4v) is 3.60. The number of unbranched alkanes of at least 4 members (excludes halogenated alkanes) is 3. The van der Waals surface area contributed by atoms with Gasteiger partial charge in [-0.2, -0.15) is 0 Å². The third-order valence-electron chi connectivity index (χ3n) is 5.12. The van der Waals surface area contributed by atoms with E-state index in [1.165, 1.54) is 6.08 Å². The quantitative estimate of drug-likeness (QED) is 0.255. The first-order chi connectivity index (χ1) is 14.1. The summed E-state index contributed by atoms with van der Waals surface area (Å²) in [6.45, 7) is -0.127. The van der Waals surface area contributed by atoms with Crippen molar-refractivity contribution in [3.05, 3.63) is 24.3 Å². The summed E-state index contributed by atoms with van der Waals surface area (Å²) in [4.78, 5) is 22.7. The monoisotopic (exact) mass is 383 g/mol. The zero-order valence-corrected chi connectivity index (χ0v) is 16.2. The maximum atomic E-state index is 12.3. The molecular formula is C22H36O5. The van der Waals surface area contributed by atoms with Crippen LogP contribution in [-0.2, 0) is 9.59 Å². The number of carbonyl (C=O) groups excluding carboxylic acids is 1. The highest BCUT2D eigenvalue weighted by atomic mass is 16.4. The minimum atomic E-state index is -2.12. The lowest BCUT2D eigenvalue weighted by Crippen LogP contribution is -2.19. The molecule has 1 aliphatic rings. The summed E-state index contributed by atoms with van der Waals surface area (Å²) in [5.74, 6) is -2.28. The van der Waals surface area contributed by atoms with Crippen LogP contribution in [0, 0.1) is 17.8 Å². The molecule has 1 rings (SSSR count). The maximum absolute atomic E-state index is 12.3. The molecule has 5 atom stereocenters. The van der Waals surface area contributed by atoms with E-state index in [9.17, 15) is 19.8 Å². The van der Waals surface area contributed by atoms with Gasteiger partial charge in [-0.1, -0.05) is 57.7 Å². The van der Waals surface area contributed by atoms with E-state index in [-0.39, 0.29) is 30.5 Å². The van der Waals surface area contributed by atoms with Crippen molar-refractivity contribution in [1.82, 2.24) is 0 Å². The Hall–Kier alpha value is -1.46. The normalized spacial score (nSPS) is 27.6. The van der Waals surface area contributed by atoms with Crippen LogP contribution >= 0.6 is 0 Å². The Morgan fingerprint density at radius 3 is 2.81 bits per heavy atom. The van der Waals surface area contributed by atoms with Crippen LogP contribution in [0.25, 0.3) is 0 Å². The van der Waals surface area contributed by atoms with Gasteiger partial charge in [0.2, 0.25) is 0 Å². The molecule has 1 fully saturated rings. The number of ketones is 1. The summed E-state index contributed by atoms with van der Waals surface area (Å²) in [5, 5.41) is 29.2. The first-order valence-corrected chi connectivity index (χ1v) is 10.0. The lowest BCUT2D eigenvalue weighted by Gasteiger charge is -2.18. The molecule has 0 heterocycles. The van der Waals surface area contributed by atoms with E-state index in [0.29, 0.717) is 19.3 Å². The Kier molecular flexibility index (Phi) is 8.98. The van der Waals surface area contributed by atoms with E-state index < -0.39 is 30.9 Å². The van der Waals surface area contributed by atoms with Crippen LogP contribution in [0.4, 0.5) is 0 Å². The predicted octanol–water partition coefficient (Wildman–Crippen LogP) is 3.89. The lowest BCUT2D eigenvalue weighted by atomic mass is 9.88. The minimum absolute atomic E-state index is 0.00367. The number of rotatable bonds is 13. The standard InChI is InChI=1S/C22H36O5/c1-3-4-9-16(2)14-17(23)12-13-19-18(20(24)15-21(19)25)10-7-5-6-8-11-22(26)27/h8,11-13,16-19,21,23,25H,3-7,9-10,14-15H2,1-2H3,(H,26,27)/b11-8+,13-12+/t16-,17-,18-,19-,21-/m1/s1/i2D3. The van der Waals surface area contributed by atoms with Crippen molar-refractivity contribution in [3.63, 3.8) is 0 Å². The highest BCUT2D eigenvalue weighted by molar-refractivity contribution is 5.84. The Bertz CT molecular complexity index is 600. The SMILES string of the molecule is [2H]C([2H])([2H])[C@H](CCCC)C[C@H](O)/C=C/[C@H]1[C@H](O)CC(=O)[C@@H]1CCCC/C=C/C(=O)O. The number of carboxylic acid groups (broad SMARTS) is 1. The summed E-state index contributed by atoms with van der Waals surface area (Å²) in [5.41, 5.74) is 0. The predicted molar refractivity (Wildman–Crippen MR) is 106 cm³/mol. The summed E-state index contributed by atoms with van der Waals surface area (Å²) >= 11 is 0. The number of hydrogen-bond acceptors (Lipinski definition) is 4. The number of hydrogen-bond donors (Lipinski definition) is 3. The first-order valence-electron chi connectivity index (χ1n) is 11.5. The molecular weight excluding hydrogens is 344 g/mol. The summed E-state index contributed by atoms with van der Waals surface area (Å²) in [6.07, 6.45) is 9.28. The molecule has 27 heavy (non-hydrogen) atoms.